The lowest BCUT2D eigenvalue weighted by atomic mass is 10.1. The number of hydrogen-bond donors (Lipinski definition) is 3. The molecule has 2 amide bonds. The number of carbonyl (C=O) groups is 3. The van der Waals surface area contributed by atoms with Gasteiger partial charge in [0.15, 0.2) is 0 Å². The van der Waals surface area contributed by atoms with Gasteiger partial charge in [-0.2, -0.15) is 13.2 Å². The Morgan fingerprint density at radius 1 is 1.21 bits per heavy atom. The summed E-state index contributed by atoms with van der Waals surface area (Å²) in [5.41, 5.74) is -1.51. The minimum absolute atomic E-state index is 0.137. The number of halogens is 3. The predicted octanol–water partition coefficient (Wildman–Crippen LogP) is 2.65. The van der Waals surface area contributed by atoms with Gasteiger partial charge in [-0.25, -0.2) is 0 Å². The van der Waals surface area contributed by atoms with Crippen molar-refractivity contribution >= 4 is 23.5 Å². The number of aliphatic carboxylic acids is 1. The second kappa shape index (κ2) is 7.80. The van der Waals surface area contributed by atoms with Crippen molar-refractivity contribution in [1.82, 2.24) is 5.32 Å². The van der Waals surface area contributed by atoms with Crippen LogP contribution < -0.4 is 10.6 Å². The Labute approximate surface area is 136 Å². The van der Waals surface area contributed by atoms with Gasteiger partial charge in [0.1, 0.15) is 0 Å². The number of amides is 2. The zero-order valence-electron chi connectivity index (χ0n) is 13.0. The van der Waals surface area contributed by atoms with Crippen molar-refractivity contribution in [3.05, 3.63) is 29.3 Å². The van der Waals surface area contributed by atoms with Crippen LogP contribution in [0.3, 0.4) is 0 Å². The van der Waals surface area contributed by atoms with E-state index in [-0.39, 0.29) is 24.1 Å². The lowest BCUT2D eigenvalue weighted by Crippen LogP contribution is -2.33. The van der Waals surface area contributed by atoms with Gasteiger partial charge < -0.3 is 15.7 Å². The highest BCUT2D eigenvalue weighted by Crippen LogP contribution is 2.32. The number of rotatable bonds is 6. The van der Waals surface area contributed by atoms with E-state index >= 15 is 0 Å². The summed E-state index contributed by atoms with van der Waals surface area (Å²) in [4.78, 5) is 33.6. The van der Waals surface area contributed by atoms with Gasteiger partial charge >= 0.3 is 12.1 Å². The lowest BCUT2D eigenvalue weighted by molar-refractivity contribution is -0.138. The van der Waals surface area contributed by atoms with Gasteiger partial charge in [0.2, 0.25) is 5.91 Å². The average Bonchev–Trinajstić information content (AvgIpc) is 2.43. The van der Waals surface area contributed by atoms with Gasteiger partial charge in [0.05, 0.1) is 5.56 Å². The fraction of sp³-hybridized carbons (Fsp3) is 0.400. The van der Waals surface area contributed by atoms with Crippen molar-refractivity contribution < 1.29 is 32.7 Å². The molecule has 6 nitrogen and oxygen atoms in total. The molecule has 9 heteroatoms. The van der Waals surface area contributed by atoms with E-state index in [0.717, 1.165) is 19.1 Å². The van der Waals surface area contributed by atoms with Gasteiger partial charge in [-0.1, -0.05) is 0 Å². The minimum atomic E-state index is -4.68. The van der Waals surface area contributed by atoms with E-state index in [0.29, 0.717) is 6.07 Å². The van der Waals surface area contributed by atoms with E-state index in [2.05, 4.69) is 10.6 Å². The number of alkyl halides is 3. The summed E-state index contributed by atoms with van der Waals surface area (Å²) in [5, 5.41) is 13.2. The predicted molar refractivity (Wildman–Crippen MR) is 79.5 cm³/mol. The largest absolute Gasteiger partial charge is 0.481 e. The fourth-order valence-corrected chi connectivity index (χ4v) is 1.92. The zero-order valence-corrected chi connectivity index (χ0v) is 13.0. The molecule has 1 aromatic rings. The van der Waals surface area contributed by atoms with E-state index in [1.54, 1.807) is 6.92 Å². The second-order valence-corrected chi connectivity index (χ2v) is 5.28. The molecule has 1 aromatic carbocycles. The monoisotopic (exact) mass is 346 g/mol. The van der Waals surface area contributed by atoms with Crippen LogP contribution in [-0.4, -0.2) is 28.9 Å². The van der Waals surface area contributed by atoms with Crippen molar-refractivity contribution in [3.8, 4) is 0 Å². The van der Waals surface area contributed by atoms with Crippen LogP contribution in [-0.2, 0) is 15.8 Å². The summed E-state index contributed by atoms with van der Waals surface area (Å²) < 4.78 is 38.7. The first-order valence-corrected chi connectivity index (χ1v) is 7.01. The molecule has 24 heavy (non-hydrogen) atoms. The van der Waals surface area contributed by atoms with Crippen LogP contribution in [0.15, 0.2) is 18.2 Å². The van der Waals surface area contributed by atoms with Gasteiger partial charge in [-0.15, -0.1) is 0 Å². The third-order valence-electron chi connectivity index (χ3n) is 3.01. The fourth-order valence-electron chi connectivity index (χ4n) is 1.92. The zero-order chi connectivity index (χ0) is 18.5. The molecule has 0 spiro atoms. The van der Waals surface area contributed by atoms with Crippen molar-refractivity contribution in [2.75, 3.05) is 5.32 Å². The van der Waals surface area contributed by atoms with Gasteiger partial charge in [0, 0.05) is 30.6 Å². The molecule has 1 unspecified atom stereocenters. The molecule has 0 aliphatic rings. The Kier molecular flexibility index (Phi) is 6.33. The van der Waals surface area contributed by atoms with E-state index < -0.39 is 35.6 Å². The van der Waals surface area contributed by atoms with Crippen LogP contribution in [0.4, 0.5) is 18.9 Å². The number of carboxylic acid groups (broad SMARTS) is 1. The van der Waals surface area contributed by atoms with Crippen molar-refractivity contribution in [2.45, 2.75) is 38.9 Å². The number of carbonyl (C=O) groups excluding carboxylic acids is 2. The molecule has 0 aliphatic carbocycles. The molecule has 0 heterocycles. The Hall–Kier alpha value is -2.58. The molecule has 0 bridgehead atoms. The van der Waals surface area contributed by atoms with Crippen LogP contribution in [0, 0.1) is 0 Å². The number of carboxylic acids is 1. The van der Waals surface area contributed by atoms with Crippen LogP contribution in [0.5, 0.6) is 0 Å². The smallest absolute Gasteiger partial charge is 0.416 e. The van der Waals surface area contributed by atoms with E-state index in [9.17, 15) is 27.6 Å². The average molecular weight is 346 g/mol. The maximum Gasteiger partial charge on any atom is 0.416 e. The molecule has 0 radical (unpaired) electrons. The van der Waals surface area contributed by atoms with Crippen molar-refractivity contribution in [2.24, 2.45) is 0 Å². The van der Waals surface area contributed by atoms with Crippen LogP contribution in [0.2, 0.25) is 0 Å². The van der Waals surface area contributed by atoms with Gasteiger partial charge in [0.25, 0.3) is 5.91 Å². The number of hydrogen-bond acceptors (Lipinski definition) is 3. The van der Waals surface area contributed by atoms with E-state index in [1.807, 2.05) is 0 Å². The van der Waals surface area contributed by atoms with Crippen molar-refractivity contribution in [3.63, 3.8) is 0 Å². The Balaban J connectivity index is 3.01. The Morgan fingerprint density at radius 2 is 1.83 bits per heavy atom. The summed E-state index contributed by atoms with van der Waals surface area (Å²) >= 11 is 0. The summed E-state index contributed by atoms with van der Waals surface area (Å²) in [6, 6.07) is 1.99. The quantitative estimate of drug-likeness (QED) is 0.738. The number of benzene rings is 1. The SMILES string of the molecule is CC(=O)Nc1cc(C(=O)NC(C)CCC(=O)O)cc(C(F)(F)F)c1. The topological polar surface area (TPSA) is 95.5 Å². The molecule has 3 N–H and O–H groups in total. The Morgan fingerprint density at radius 3 is 2.33 bits per heavy atom. The first kappa shape index (κ1) is 19.5. The number of anilines is 1. The summed E-state index contributed by atoms with van der Waals surface area (Å²) in [6.45, 7) is 2.68. The molecule has 0 saturated heterocycles. The molecular formula is C15H17F3N2O4. The van der Waals surface area contributed by atoms with Gasteiger partial charge in [-0.3, -0.25) is 14.4 Å². The van der Waals surface area contributed by atoms with Crippen LogP contribution in [0.1, 0.15) is 42.6 Å². The minimum Gasteiger partial charge on any atom is -0.481 e. The molecule has 0 aromatic heterocycles. The second-order valence-electron chi connectivity index (χ2n) is 5.28. The van der Waals surface area contributed by atoms with Gasteiger partial charge in [-0.05, 0) is 31.5 Å². The molecule has 0 saturated carbocycles. The third-order valence-corrected chi connectivity index (χ3v) is 3.01. The highest BCUT2D eigenvalue weighted by Gasteiger charge is 2.32. The maximum atomic E-state index is 12.9. The molecule has 1 rings (SSSR count). The third kappa shape index (κ3) is 6.27. The highest BCUT2D eigenvalue weighted by molar-refractivity contribution is 5.97. The Bertz CT molecular complexity index is 644. The first-order valence-electron chi connectivity index (χ1n) is 7.01. The van der Waals surface area contributed by atoms with Crippen LogP contribution >= 0.6 is 0 Å². The molecule has 132 valence electrons. The number of nitrogens with one attached hydrogen (secondary N) is 2. The first-order chi connectivity index (χ1) is 11.0. The molecular weight excluding hydrogens is 329 g/mol. The maximum absolute atomic E-state index is 12.9. The molecule has 1 atom stereocenters. The summed E-state index contributed by atoms with van der Waals surface area (Å²) in [5.74, 6) is -2.40. The highest BCUT2D eigenvalue weighted by atomic mass is 19.4. The van der Waals surface area contributed by atoms with E-state index in [4.69, 9.17) is 5.11 Å². The van der Waals surface area contributed by atoms with Crippen LogP contribution in [0.25, 0.3) is 0 Å². The lowest BCUT2D eigenvalue weighted by Gasteiger charge is -2.15. The molecule has 0 aliphatic heterocycles. The van der Waals surface area contributed by atoms with Crippen molar-refractivity contribution in [1.29, 1.82) is 0 Å². The molecule has 0 fully saturated rings. The van der Waals surface area contributed by atoms with E-state index in [1.165, 1.54) is 0 Å². The normalized spacial score (nSPS) is 12.4. The summed E-state index contributed by atoms with van der Waals surface area (Å²) in [7, 11) is 0. The standard InChI is InChI=1S/C15H17F3N2O4/c1-8(3-4-13(22)23)19-14(24)10-5-11(15(16,17)18)7-12(6-10)20-9(2)21/h5-8H,3-4H2,1-2H3,(H,19,24)(H,20,21)(H,22,23). The summed E-state index contributed by atoms with van der Waals surface area (Å²) in [6.07, 6.45) is -4.72.